The summed E-state index contributed by atoms with van der Waals surface area (Å²) in [7, 11) is 0. The number of nitrogens with one attached hydrogen (secondary N) is 1. The molecule has 1 saturated carbocycles. The first-order chi connectivity index (χ1) is 22.1. The van der Waals surface area contributed by atoms with Gasteiger partial charge in [-0.05, 0) is 81.0 Å². The van der Waals surface area contributed by atoms with Gasteiger partial charge in [-0.15, -0.1) is 13.2 Å². The van der Waals surface area contributed by atoms with Crippen molar-refractivity contribution < 1.29 is 27.4 Å². The van der Waals surface area contributed by atoms with Crippen LogP contribution in [0.3, 0.4) is 0 Å². The summed E-state index contributed by atoms with van der Waals surface area (Å²) in [6.45, 7) is 6.32. The maximum atomic E-state index is 14.0. The van der Waals surface area contributed by atoms with E-state index in [1.54, 1.807) is 12.1 Å². The Morgan fingerprint density at radius 3 is 2.35 bits per heavy atom. The summed E-state index contributed by atoms with van der Waals surface area (Å²) in [5.74, 6) is 1.30. The molecule has 1 aliphatic carbocycles. The molecule has 0 radical (unpaired) electrons. The number of rotatable bonds is 8. The summed E-state index contributed by atoms with van der Waals surface area (Å²) < 4.78 is 48.4. The first-order valence-electron chi connectivity index (χ1n) is 16.2. The van der Waals surface area contributed by atoms with Crippen molar-refractivity contribution in [2.45, 2.75) is 89.4 Å². The Morgan fingerprint density at radius 1 is 0.935 bits per heavy atom. The SMILES string of the molecule is CC(C)Oc1cccc(CN2CCC3(CC2)C(=NC2CCCCC2)NC(=O)N3c2ccccc2-c2ccc(OC(F)(F)F)cc2)c1. The average Bonchev–Trinajstić information content (AvgIpc) is 3.27. The summed E-state index contributed by atoms with van der Waals surface area (Å²) in [5.41, 5.74) is 2.64. The summed E-state index contributed by atoms with van der Waals surface area (Å²) in [6.07, 6.45) is 2.21. The van der Waals surface area contributed by atoms with E-state index in [0.29, 0.717) is 24.1 Å². The molecule has 10 heteroatoms. The van der Waals surface area contributed by atoms with Crippen molar-refractivity contribution in [3.63, 3.8) is 0 Å². The number of halogens is 3. The van der Waals surface area contributed by atoms with Gasteiger partial charge < -0.3 is 9.47 Å². The molecule has 244 valence electrons. The molecule has 2 heterocycles. The number of hydrogen-bond acceptors (Lipinski definition) is 5. The quantitative estimate of drug-likeness (QED) is 0.271. The number of benzene rings is 3. The van der Waals surface area contributed by atoms with Gasteiger partial charge in [0.15, 0.2) is 0 Å². The fourth-order valence-electron chi connectivity index (χ4n) is 7.00. The van der Waals surface area contributed by atoms with E-state index in [0.717, 1.165) is 62.5 Å². The standard InChI is InChI=1S/C36H41F3N4O3/c1-25(2)45-30-12-8-9-26(23-30)24-42-21-19-35(20-22-42)33(40-28-10-4-3-5-11-28)41-34(44)43(35)32-14-7-6-13-31(32)27-15-17-29(18-16-27)46-36(37,38)39/h6-9,12-18,23,25,28H,3-5,10-11,19-22,24H2,1-2H3,(H,40,41,44). The van der Waals surface area contributed by atoms with Crippen molar-refractivity contribution in [3.8, 4) is 22.6 Å². The minimum absolute atomic E-state index is 0.0967. The molecule has 1 spiro atoms. The van der Waals surface area contributed by atoms with E-state index in [1.165, 1.54) is 24.1 Å². The van der Waals surface area contributed by atoms with Gasteiger partial charge in [-0.2, -0.15) is 0 Å². The monoisotopic (exact) mass is 634 g/mol. The predicted molar refractivity (Wildman–Crippen MR) is 173 cm³/mol. The van der Waals surface area contributed by atoms with Gasteiger partial charge in [0.2, 0.25) is 0 Å². The molecule has 0 unspecified atom stereocenters. The number of carbonyl (C=O) groups excluding carboxylic acids is 1. The van der Waals surface area contributed by atoms with E-state index in [9.17, 15) is 18.0 Å². The van der Waals surface area contributed by atoms with Crippen molar-refractivity contribution in [1.29, 1.82) is 0 Å². The van der Waals surface area contributed by atoms with E-state index >= 15 is 0 Å². The van der Waals surface area contributed by atoms with E-state index in [4.69, 9.17) is 9.73 Å². The first kappa shape index (κ1) is 31.9. The van der Waals surface area contributed by atoms with E-state index in [2.05, 4.69) is 27.1 Å². The number of nitrogens with zero attached hydrogens (tertiary/aromatic N) is 3. The molecule has 0 aromatic heterocycles. The van der Waals surface area contributed by atoms with Crippen LogP contribution in [-0.2, 0) is 6.54 Å². The number of urea groups is 1. The Labute approximate surface area is 268 Å². The molecule has 2 amide bonds. The second-order valence-electron chi connectivity index (χ2n) is 12.7. The van der Waals surface area contributed by atoms with Crippen LogP contribution in [-0.4, -0.2) is 53.9 Å². The van der Waals surface area contributed by atoms with Gasteiger partial charge in [-0.25, -0.2) is 4.79 Å². The number of piperidine rings is 1. The molecular weight excluding hydrogens is 593 g/mol. The molecule has 6 rings (SSSR count). The third kappa shape index (κ3) is 7.17. The smallest absolute Gasteiger partial charge is 0.491 e. The lowest BCUT2D eigenvalue weighted by atomic mass is 9.84. The third-order valence-corrected chi connectivity index (χ3v) is 9.09. The Hall–Kier alpha value is -4.05. The minimum Gasteiger partial charge on any atom is -0.491 e. The van der Waals surface area contributed by atoms with Crippen molar-refractivity contribution in [2.75, 3.05) is 18.0 Å². The number of carbonyl (C=O) groups is 1. The summed E-state index contributed by atoms with van der Waals surface area (Å²) in [6, 6.07) is 21.5. The average molecular weight is 635 g/mol. The third-order valence-electron chi connectivity index (χ3n) is 9.09. The number of alkyl halides is 3. The number of hydrogen-bond donors (Lipinski definition) is 1. The molecule has 2 aliphatic heterocycles. The highest BCUT2D eigenvalue weighted by atomic mass is 19.4. The number of para-hydroxylation sites is 1. The zero-order valence-corrected chi connectivity index (χ0v) is 26.4. The van der Waals surface area contributed by atoms with Crippen LogP contribution in [0.15, 0.2) is 77.8 Å². The minimum atomic E-state index is -4.77. The molecule has 3 aromatic carbocycles. The lowest BCUT2D eigenvalue weighted by molar-refractivity contribution is -0.274. The van der Waals surface area contributed by atoms with Crippen LogP contribution in [0.1, 0.15) is 64.4 Å². The number of aliphatic imine (C=N–C) groups is 1. The molecule has 46 heavy (non-hydrogen) atoms. The van der Waals surface area contributed by atoms with Crippen LogP contribution < -0.4 is 19.7 Å². The highest BCUT2D eigenvalue weighted by molar-refractivity contribution is 6.20. The van der Waals surface area contributed by atoms with Crippen LogP contribution in [0.5, 0.6) is 11.5 Å². The topological polar surface area (TPSA) is 66.4 Å². The normalized spacial score (nSPS) is 20.0. The molecule has 2 saturated heterocycles. The van der Waals surface area contributed by atoms with Gasteiger partial charge >= 0.3 is 12.4 Å². The zero-order chi connectivity index (χ0) is 32.3. The van der Waals surface area contributed by atoms with Crippen LogP contribution in [0.2, 0.25) is 0 Å². The molecule has 7 nitrogen and oxygen atoms in total. The predicted octanol–water partition coefficient (Wildman–Crippen LogP) is 8.34. The van der Waals surface area contributed by atoms with Gasteiger partial charge in [-0.1, -0.05) is 61.7 Å². The number of amides is 2. The highest BCUT2D eigenvalue weighted by Gasteiger charge is 2.53. The largest absolute Gasteiger partial charge is 0.573 e. The summed E-state index contributed by atoms with van der Waals surface area (Å²) >= 11 is 0. The molecular formula is C36H41F3N4O3. The molecule has 3 fully saturated rings. The van der Waals surface area contributed by atoms with Gasteiger partial charge in [-0.3, -0.25) is 20.1 Å². The van der Waals surface area contributed by atoms with E-state index < -0.39 is 11.9 Å². The molecule has 0 bridgehead atoms. The van der Waals surface area contributed by atoms with Gasteiger partial charge in [0.05, 0.1) is 17.8 Å². The molecule has 0 atom stereocenters. The highest BCUT2D eigenvalue weighted by Crippen LogP contribution is 2.43. The van der Waals surface area contributed by atoms with Crippen molar-refractivity contribution >= 4 is 17.6 Å². The lowest BCUT2D eigenvalue weighted by Gasteiger charge is -2.44. The fourth-order valence-corrected chi connectivity index (χ4v) is 7.00. The Bertz CT molecular complexity index is 1540. The number of likely N-dealkylation sites (tertiary alicyclic amines) is 1. The Balaban J connectivity index is 1.30. The molecule has 3 aliphatic rings. The van der Waals surface area contributed by atoms with Gasteiger partial charge in [0.1, 0.15) is 22.9 Å². The van der Waals surface area contributed by atoms with Crippen LogP contribution in [0.25, 0.3) is 11.1 Å². The maximum Gasteiger partial charge on any atom is 0.573 e. The van der Waals surface area contributed by atoms with Crippen LogP contribution >= 0.6 is 0 Å². The number of ether oxygens (including phenoxy) is 2. The van der Waals surface area contributed by atoms with Gasteiger partial charge in [0, 0.05) is 25.2 Å². The van der Waals surface area contributed by atoms with Crippen molar-refractivity contribution in [2.24, 2.45) is 4.99 Å². The summed E-state index contributed by atoms with van der Waals surface area (Å²) in [5, 5.41) is 3.17. The molecule has 3 aromatic rings. The summed E-state index contributed by atoms with van der Waals surface area (Å²) in [4.78, 5) is 23.4. The maximum absolute atomic E-state index is 14.0. The van der Waals surface area contributed by atoms with Crippen molar-refractivity contribution in [3.05, 3.63) is 78.4 Å². The van der Waals surface area contributed by atoms with Crippen molar-refractivity contribution in [1.82, 2.24) is 10.2 Å². The first-order valence-corrected chi connectivity index (χ1v) is 16.2. The Morgan fingerprint density at radius 2 is 1.65 bits per heavy atom. The lowest BCUT2D eigenvalue weighted by Crippen LogP contribution is -2.57. The van der Waals surface area contributed by atoms with Gasteiger partial charge in [0.25, 0.3) is 0 Å². The number of anilines is 1. The number of amidine groups is 1. The Kier molecular flexibility index (Phi) is 9.27. The fraction of sp³-hybridized carbons (Fsp3) is 0.444. The molecule has 1 N–H and O–H groups in total. The second kappa shape index (κ2) is 13.4. The zero-order valence-electron chi connectivity index (χ0n) is 26.4. The van der Waals surface area contributed by atoms with Crippen LogP contribution in [0.4, 0.5) is 23.7 Å². The second-order valence-corrected chi connectivity index (χ2v) is 12.7. The van der Waals surface area contributed by atoms with E-state index in [-0.39, 0.29) is 23.9 Å². The van der Waals surface area contributed by atoms with Crippen LogP contribution in [0, 0.1) is 0 Å². The van der Waals surface area contributed by atoms with E-state index in [1.807, 2.05) is 55.1 Å².